The van der Waals surface area contributed by atoms with Crippen molar-refractivity contribution in [2.75, 3.05) is 5.32 Å². The molecule has 2 unspecified atom stereocenters. The molecule has 4 nitrogen and oxygen atoms in total. The van der Waals surface area contributed by atoms with E-state index in [4.69, 9.17) is 4.42 Å². The lowest BCUT2D eigenvalue weighted by atomic mass is 9.97. The Hall–Kier alpha value is -1.71. The zero-order chi connectivity index (χ0) is 13.8. The molecule has 0 aliphatic carbocycles. The van der Waals surface area contributed by atoms with E-state index in [1.807, 2.05) is 18.2 Å². The average molecular weight is 262 g/mol. The van der Waals surface area contributed by atoms with Crippen molar-refractivity contribution in [1.29, 1.82) is 0 Å². The molecule has 0 aliphatic rings. The molecule has 0 spiro atoms. The Morgan fingerprint density at radius 3 is 2.79 bits per heavy atom. The monoisotopic (exact) mass is 262 g/mol. The van der Waals surface area contributed by atoms with Crippen LogP contribution in [0.4, 0.5) is 5.69 Å². The lowest BCUT2D eigenvalue weighted by molar-refractivity contribution is 0.462. The maximum atomic E-state index is 11.1. The first-order valence-electron chi connectivity index (χ1n) is 7.01. The van der Waals surface area contributed by atoms with Gasteiger partial charge in [0.2, 0.25) is 0 Å². The van der Waals surface area contributed by atoms with Crippen LogP contribution in [0.5, 0.6) is 0 Å². The lowest BCUT2D eigenvalue weighted by Crippen LogP contribution is -2.21. The Morgan fingerprint density at radius 1 is 1.32 bits per heavy atom. The summed E-state index contributed by atoms with van der Waals surface area (Å²) in [6.07, 6.45) is 3.45. The second kappa shape index (κ2) is 5.95. The van der Waals surface area contributed by atoms with Crippen LogP contribution in [0.2, 0.25) is 0 Å². The maximum absolute atomic E-state index is 11.1. The Kier molecular flexibility index (Phi) is 4.30. The quantitative estimate of drug-likeness (QED) is 0.833. The van der Waals surface area contributed by atoms with Crippen LogP contribution in [-0.4, -0.2) is 11.0 Å². The van der Waals surface area contributed by atoms with Crippen molar-refractivity contribution in [3.8, 4) is 0 Å². The van der Waals surface area contributed by atoms with Gasteiger partial charge < -0.3 is 9.73 Å². The largest absolute Gasteiger partial charge is 0.417 e. The first kappa shape index (κ1) is 13.7. The van der Waals surface area contributed by atoms with E-state index in [0.717, 1.165) is 30.0 Å². The molecular weight excluding hydrogens is 240 g/mol. The van der Waals surface area contributed by atoms with Crippen LogP contribution in [0, 0.1) is 5.92 Å². The van der Waals surface area contributed by atoms with E-state index >= 15 is 0 Å². The van der Waals surface area contributed by atoms with Crippen LogP contribution >= 0.6 is 0 Å². The summed E-state index contributed by atoms with van der Waals surface area (Å²) in [4.78, 5) is 13.8. The van der Waals surface area contributed by atoms with Crippen LogP contribution < -0.4 is 11.1 Å². The van der Waals surface area contributed by atoms with Crippen molar-refractivity contribution in [3.05, 3.63) is 28.7 Å². The van der Waals surface area contributed by atoms with Gasteiger partial charge in [0.15, 0.2) is 5.58 Å². The molecule has 2 atom stereocenters. The zero-order valence-corrected chi connectivity index (χ0v) is 11.8. The number of H-pyrrole nitrogens is 1. The average Bonchev–Trinajstić information content (AvgIpc) is 2.77. The number of hydrogen-bond acceptors (Lipinski definition) is 3. The van der Waals surface area contributed by atoms with Crippen molar-refractivity contribution < 1.29 is 4.42 Å². The second-order valence-electron chi connectivity index (χ2n) is 5.22. The standard InChI is InChI=1S/C15H22N2O2/c1-4-10(3)8-11(5-2)16-12-6-7-14-13(9-12)17-15(18)19-14/h6-7,9-11,16H,4-5,8H2,1-3H3,(H,17,18). The van der Waals surface area contributed by atoms with Gasteiger partial charge >= 0.3 is 5.76 Å². The lowest BCUT2D eigenvalue weighted by Gasteiger charge is -2.21. The number of oxazole rings is 1. The van der Waals surface area contributed by atoms with Crippen molar-refractivity contribution >= 4 is 16.8 Å². The van der Waals surface area contributed by atoms with Gasteiger partial charge in [-0.2, -0.15) is 0 Å². The predicted octanol–water partition coefficient (Wildman–Crippen LogP) is 3.75. The fourth-order valence-corrected chi connectivity index (χ4v) is 2.26. The number of aromatic amines is 1. The molecule has 0 fully saturated rings. The molecule has 1 heterocycles. The van der Waals surface area contributed by atoms with Crippen LogP contribution in [0.15, 0.2) is 27.4 Å². The molecule has 2 aromatic rings. The first-order valence-corrected chi connectivity index (χ1v) is 7.01. The summed E-state index contributed by atoms with van der Waals surface area (Å²) >= 11 is 0. The van der Waals surface area contributed by atoms with Crippen LogP contribution in [0.1, 0.15) is 40.0 Å². The molecule has 2 N–H and O–H groups in total. The highest BCUT2D eigenvalue weighted by atomic mass is 16.4. The van der Waals surface area contributed by atoms with E-state index in [9.17, 15) is 4.79 Å². The van der Waals surface area contributed by atoms with Gasteiger partial charge in [-0.1, -0.05) is 27.2 Å². The predicted molar refractivity (Wildman–Crippen MR) is 78.6 cm³/mol. The van der Waals surface area contributed by atoms with Gasteiger partial charge in [0, 0.05) is 11.7 Å². The summed E-state index contributed by atoms with van der Waals surface area (Å²) in [5, 5.41) is 3.53. The number of hydrogen-bond donors (Lipinski definition) is 2. The molecule has 0 amide bonds. The number of benzene rings is 1. The SMILES string of the molecule is CCC(C)CC(CC)Nc1ccc2oc(=O)[nH]c2c1. The topological polar surface area (TPSA) is 58.0 Å². The summed E-state index contributed by atoms with van der Waals surface area (Å²) in [6, 6.07) is 6.18. The van der Waals surface area contributed by atoms with Gasteiger partial charge in [0.1, 0.15) is 0 Å². The summed E-state index contributed by atoms with van der Waals surface area (Å²) < 4.78 is 5.00. The molecular formula is C15H22N2O2. The third-order valence-corrected chi connectivity index (χ3v) is 3.67. The van der Waals surface area contributed by atoms with E-state index < -0.39 is 5.76 Å². The highest BCUT2D eigenvalue weighted by Crippen LogP contribution is 2.20. The van der Waals surface area contributed by atoms with E-state index in [1.54, 1.807) is 0 Å². The zero-order valence-electron chi connectivity index (χ0n) is 11.8. The molecule has 0 saturated heterocycles. The van der Waals surface area contributed by atoms with E-state index in [0.29, 0.717) is 11.6 Å². The Labute approximate surface area is 113 Å². The third-order valence-electron chi connectivity index (χ3n) is 3.67. The number of fused-ring (bicyclic) bond motifs is 1. The molecule has 19 heavy (non-hydrogen) atoms. The number of nitrogens with one attached hydrogen (secondary N) is 2. The fourth-order valence-electron chi connectivity index (χ4n) is 2.26. The highest BCUT2D eigenvalue weighted by Gasteiger charge is 2.11. The van der Waals surface area contributed by atoms with Crippen LogP contribution in [0.25, 0.3) is 11.1 Å². The molecule has 0 aliphatic heterocycles. The Balaban J connectivity index is 2.12. The van der Waals surface area contributed by atoms with Crippen molar-refractivity contribution in [3.63, 3.8) is 0 Å². The maximum Gasteiger partial charge on any atom is 0.417 e. The van der Waals surface area contributed by atoms with Gasteiger partial charge in [-0.15, -0.1) is 0 Å². The normalized spacial score (nSPS) is 14.5. The molecule has 104 valence electrons. The molecule has 0 saturated carbocycles. The Morgan fingerprint density at radius 2 is 2.11 bits per heavy atom. The molecule has 2 rings (SSSR count). The fraction of sp³-hybridized carbons (Fsp3) is 0.533. The summed E-state index contributed by atoms with van der Waals surface area (Å²) in [6.45, 7) is 6.69. The first-order chi connectivity index (χ1) is 9.12. The summed E-state index contributed by atoms with van der Waals surface area (Å²) in [7, 11) is 0. The van der Waals surface area contributed by atoms with Gasteiger partial charge in [-0.3, -0.25) is 4.98 Å². The van der Waals surface area contributed by atoms with Gasteiger partial charge in [0.25, 0.3) is 0 Å². The minimum Gasteiger partial charge on any atom is -0.408 e. The highest BCUT2D eigenvalue weighted by molar-refractivity contribution is 5.76. The van der Waals surface area contributed by atoms with Crippen molar-refractivity contribution in [2.24, 2.45) is 5.92 Å². The third kappa shape index (κ3) is 3.40. The Bertz CT molecular complexity index is 585. The van der Waals surface area contributed by atoms with Crippen LogP contribution in [0.3, 0.4) is 0 Å². The molecule has 1 aromatic heterocycles. The molecule has 0 radical (unpaired) electrons. The summed E-state index contributed by atoms with van der Waals surface area (Å²) in [5.41, 5.74) is 2.37. The van der Waals surface area contributed by atoms with Crippen LogP contribution in [-0.2, 0) is 0 Å². The minimum absolute atomic E-state index is 0.404. The number of rotatable bonds is 6. The van der Waals surface area contributed by atoms with Gasteiger partial charge in [0.05, 0.1) is 5.52 Å². The van der Waals surface area contributed by atoms with Gasteiger partial charge in [-0.05, 0) is 37.0 Å². The number of aromatic nitrogens is 1. The van der Waals surface area contributed by atoms with Gasteiger partial charge in [-0.25, -0.2) is 4.79 Å². The molecule has 4 heteroatoms. The van der Waals surface area contributed by atoms with E-state index in [2.05, 4.69) is 31.1 Å². The molecule has 0 bridgehead atoms. The van der Waals surface area contributed by atoms with E-state index in [1.165, 1.54) is 6.42 Å². The van der Waals surface area contributed by atoms with Crippen molar-refractivity contribution in [2.45, 2.75) is 46.1 Å². The smallest absolute Gasteiger partial charge is 0.408 e. The van der Waals surface area contributed by atoms with Crippen molar-refractivity contribution in [1.82, 2.24) is 4.98 Å². The molecule has 1 aromatic carbocycles. The number of anilines is 1. The summed E-state index contributed by atoms with van der Waals surface area (Å²) in [5.74, 6) is 0.314. The van der Waals surface area contributed by atoms with E-state index in [-0.39, 0.29) is 0 Å². The minimum atomic E-state index is -0.404. The second-order valence-corrected chi connectivity index (χ2v) is 5.22.